The molecule has 0 aromatic heterocycles. The van der Waals surface area contributed by atoms with Gasteiger partial charge in [0.1, 0.15) is 0 Å². The van der Waals surface area contributed by atoms with Crippen LogP contribution in [-0.2, 0) is 6.42 Å². The zero-order chi connectivity index (χ0) is 14.2. The lowest BCUT2D eigenvalue weighted by Crippen LogP contribution is -1.93. The maximum absolute atomic E-state index is 5.32. The molecular formula is C17H20O2S. The predicted molar refractivity (Wildman–Crippen MR) is 85.0 cm³/mol. The molecule has 0 amide bonds. The van der Waals surface area contributed by atoms with Crippen LogP contribution in [-0.4, -0.2) is 20.0 Å². The molecule has 106 valence electrons. The fourth-order valence-electron chi connectivity index (χ4n) is 2.02. The van der Waals surface area contributed by atoms with Gasteiger partial charge < -0.3 is 9.47 Å². The average Bonchev–Trinajstić information content (AvgIpc) is 2.52. The number of methoxy groups -OCH3 is 2. The van der Waals surface area contributed by atoms with E-state index in [4.69, 9.17) is 9.47 Å². The first kappa shape index (κ1) is 14.8. The highest BCUT2D eigenvalue weighted by atomic mass is 32.2. The molecule has 0 atom stereocenters. The molecule has 0 spiro atoms. The van der Waals surface area contributed by atoms with Gasteiger partial charge in [0, 0.05) is 4.90 Å². The minimum absolute atomic E-state index is 0.787. The molecule has 0 saturated heterocycles. The van der Waals surface area contributed by atoms with E-state index >= 15 is 0 Å². The maximum Gasteiger partial charge on any atom is 0.160 e. The lowest BCUT2D eigenvalue weighted by atomic mass is 10.1. The van der Waals surface area contributed by atoms with Crippen LogP contribution in [0.25, 0.3) is 0 Å². The van der Waals surface area contributed by atoms with E-state index in [1.54, 1.807) is 14.2 Å². The van der Waals surface area contributed by atoms with E-state index in [1.807, 2.05) is 23.9 Å². The number of hydrogen-bond acceptors (Lipinski definition) is 3. The number of thioether (sulfide) groups is 1. The molecule has 0 unspecified atom stereocenters. The summed E-state index contributed by atoms with van der Waals surface area (Å²) in [5, 5.41) is 0. The number of ether oxygens (including phenoxy) is 2. The molecule has 2 aromatic carbocycles. The summed E-state index contributed by atoms with van der Waals surface area (Å²) in [5.41, 5.74) is 1.29. The van der Waals surface area contributed by atoms with E-state index in [9.17, 15) is 0 Å². The maximum atomic E-state index is 5.32. The summed E-state index contributed by atoms with van der Waals surface area (Å²) >= 11 is 1.90. The fraction of sp³-hybridized carbons (Fsp3) is 0.294. The van der Waals surface area contributed by atoms with Crippen LogP contribution in [0.4, 0.5) is 0 Å². The van der Waals surface area contributed by atoms with Crippen molar-refractivity contribution in [1.82, 2.24) is 0 Å². The Morgan fingerprint density at radius 1 is 0.900 bits per heavy atom. The molecule has 0 fully saturated rings. The third kappa shape index (κ3) is 4.20. The van der Waals surface area contributed by atoms with Gasteiger partial charge in [0.25, 0.3) is 0 Å². The molecule has 0 radical (unpaired) electrons. The van der Waals surface area contributed by atoms with Crippen molar-refractivity contribution in [2.75, 3.05) is 20.0 Å². The summed E-state index contributed by atoms with van der Waals surface area (Å²) in [6, 6.07) is 16.7. The van der Waals surface area contributed by atoms with Gasteiger partial charge in [-0.05, 0) is 48.4 Å². The van der Waals surface area contributed by atoms with E-state index in [-0.39, 0.29) is 0 Å². The van der Waals surface area contributed by atoms with Crippen LogP contribution in [0.5, 0.6) is 11.5 Å². The molecule has 0 heterocycles. The number of hydrogen-bond donors (Lipinski definition) is 0. The zero-order valence-corrected chi connectivity index (χ0v) is 12.8. The van der Waals surface area contributed by atoms with Gasteiger partial charge in [0.2, 0.25) is 0 Å². The predicted octanol–water partition coefficient (Wildman–Crippen LogP) is 4.43. The Labute approximate surface area is 125 Å². The molecule has 3 heteroatoms. The summed E-state index contributed by atoms with van der Waals surface area (Å²) in [5.74, 6) is 2.72. The Kier molecular flexibility index (Phi) is 5.81. The Bertz CT molecular complexity index is 526. The smallest absolute Gasteiger partial charge is 0.160 e. The molecule has 2 aromatic rings. The minimum atomic E-state index is 0.787. The first-order chi connectivity index (χ1) is 9.83. The number of benzene rings is 2. The second-order valence-electron chi connectivity index (χ2n) is 4.45. The van der Waals surface area contributed by atoms with Gasteiger partial charge in [0.05, 0.1) is 14.2 Å². The summed E-state index contributed by atoms with van der Waals surface area (Å²) in [6.07, 6.45) is 2.20. The lowest BCUT2D eigenvalue weighted by Gasteiger charge is -2.09. The third-order valence-electron chi connectivity index (χ3n) is 3.07. The molecule has 20 heavy (non-hydrogen) atoms. The highest BCUT2D eigenvalue weighted by molar-refractivity contribution is 7.99. The summed E-state index contributed by atoms with van der Waals surface area (Å²) < 4.78 is 10.6. The Balaban J connectivity index is 1.82. The van der Waals surface area contributed by atoms with E-state index in [0.29, 0.717) is 0 Å². The highest BCUT2D eigenvalue weighted by Crippen LogP contribution is 2.28. The van der Waals surface area contributed by atoms with Crippen LogP contribution < -0.4 is 9.47 Å². The topological polar surface area (TPSA) is 18.5 Å². The average molecular weight is 288 g/mol. The molecule has 0 N–H and O–H groups in total. The molecule has 0 aliphatic heterocycles. The monoisotopic (exact) mass is 288 g/mol. The molecule has 2 nitrogen and oxygen atoms in total. The van der Waals surface area contributed by atoms with E-state index in [2.05, 4.69) is 36.4 Å². The van der Waals surface area contributed by atoms with Crippen LogP contribution >= 0.6 is 11.8 Å². The second kappa shape index (κ2) is 7.85. The summed E-state index contributed by atoms with van der Waals surface area (Å²) in [6.45, 7) is 0. The first-order valence-electron chi connectivity index (χ1n) is 6.72. The SMILES string of the molecule is COc1ccc(CCCSc2ccccc2)cc1OC. The van der Waals surface area contributed by atoms with Crippen molar-refractivity contribution in [3.05, 3.63) is 54.1 Å². The van der Waals surface area contributed by atoms with E-state index < -0.39 is 0 Å². The van der Waals surface area contributed by atoms with Crippen molar-refractivity contribution in [3.63, 3.8) is 0 Å². The van der Waals surface area contributed by atoms with Gasteiger partial charge >= 0.3 is 0 Å². The van der Waals surface area contributed by atoms with Crippen LogP contribution in [0.1, 0.15) is 12.0 Å². The molecule has 2 rings (SSSR count). The van der Waals surface area contributed by atoms with E-state index in [1.165, 1.54) is 10.5 Å². The Morgan fingerprint density at radius 3 is 2.35 bits per heavy atom. The molecule has 0 aliphatic carbocycles. The van der Waals surface area contributed by atoms with Crippen LogP contribution in [0.3, 0.4) is 0 Å². The van der Waals surface area contributed by atoms with Crippen molar-refractivity contribution in [2.45, 2.75) is 17.7 Å². The molecule has 0 aliphatic rings. The summed E-state index contributed by atoms with van der Waals surface area (Å²) in [7, 11) is 3.33. The normalized spacial score (nSPS) is 10.3. The van der Waals surface area contributed by atoms with E-state index in [0.717, 1.165) is 30.1 Å². The van der Waals surface area contributed by atoms with Gasteiger partial charge in [-0.1, -0.05) is 24.3 Å². The third-order valence-corrected chi connectivity index (χ3v) is 4.17. The Hall–Kier alpha value is -1.61. The minimum Gasteiger partial charge on any atom is -0.493 e. The highest BCUT2D eigenvalue weighted by Gasteiger charge is 2.04. The van der Waals surface area contributed by atoms with Gasteiger partial charge in [-0.3, -0.25) is 0 Å². The number of rotatable bonds is 7. The van der Waals surface area contributed by atoms with Gasteiger partial charge in [-0.25, -0.2) is 0 Å². The van der Waals surface area contributed by atoms with Crippen molar-refractivity contribution < 1.29 is 9.47 Å². The van der Waals surface area contributed by atoms with Gasteiger partial charge in [-0.2, -0.15) is 0 Å². The Morgan fingerprint density at radius 2 is 1.65 bits per heavy atom. The molecule has 0 bridgehead atoms. The van der Waals surface area contributed by atoms with Gasteiger partial charge in [0.15, 0.2) is 11.5 Å². The van der Waals surface area contributed by atoms with Crippen LogP contribution in [0.2, 0.25) is 0 Å². The van der Waals surface area contributed by atoms with Gasteiger partial charge in [-0.15, -0.1) is 11.8 Å². The van der Waals surface area contributed by atoms with Crippen molar-refractivity contribution in [3.8, 4) is 11.5 Å². The number of aryl methyl sites for hydroxylation is 1. The quantitative estimate of drug-likeness (QED) is 0.555. The summed E-state index contributed by atoms with van der Waals surface area (Å²) in [4.78, 5) is 1.33. The lowest BCUT2D eigenvalue weighted by molar-refractivity contribution is 0.354. The largest absolute Gasteiger partial charge is 0.493 e. The second-order valence-corrected chi connectivity index (χ2v) is 5.62. The first-order valence-corrected chi connectivity index (χ1v) is 7.71. The molecule has 0 saturated carbocycles. The van der Waals surface area contributed by atoms with Crippen LogP contribution in [0, 0.1) is 0 Å². The molecular weight excluding hydrogens is 268 g/mol. The standard InChI is InChI=1S/C17H20O2S/c1-18-16-11-10-14(13-17(16)19-2)7-6-12-20-15-8-4-3-5-9-15/h3-5,8-11,13H,6-7,12H2,1-2H3. The van der Waals surface area contributed by atoms with Crippen molar-refractivity contribution in [1.29, 1.82) is 0 Å². The van der Waals surface area contributed by atoms with Crippen molar-refractivity contribution >= 4 is 11.8 Å². The zero-order valence-electron chi connectivity index (χ0n) is 12.0. The van der Waals surface area contributed by atoms with Crippen LogP contribution in [0.15, 0.2) is 53.4 Å². The fourth-order valence-corrected chi connectivity index (χ4v) is 2.89. The van der Waals surface area contributed by atoms with Crippen molar-refractivity contribution in [2.24, 2.45) is 0 Å².